The fourth-order valence-corrected chi connectivity index (χ4v) is 5.54. The number of aromatic nitrogens is 2. The van der Waals surface area contributed by atoms with Crippen molar-refractivity contribution in [3.63, 3.8) is 0 Å². The van der Waals surface area contributed by atoms with Crippen molar-refractivity contribution < 1.29 is 43.6 Å². The van der Waals surface area contributed by atoms with Crippen LogP contribution in [0.2, 0.25) is 0 Å². The third kappa shape index (κ3) is 12.5. The van der Waals surface area contributed by atoms with Crippen LogP contribution in [-0.4, -0.2) is 101 Å². The number of rotatable bonds is 19. The maximum Gasteiger partial charge on any atom is 0.287 e. The Balaban J connectivity index is 1.77. The summed E-state index contributed by atoms with van der Waals surface area (Å²) < 4.78 is 17.2. The van der Waals surface area contributed by atoms with Crippen molar-refractivity contribution in [3.8, 4) is 0 Å². The second-order valence-corrected chi connectivity index (χ2v) is 13.5. The van der Waals surface area contributed by atoms with Crippen LogP contribution in [0, 0.1) is 10.8 Å². The summed E-state index contributed by atoms with van der Waals surface area (Å²) in [6.45, 7) is 15.2. The van der Waals surface area contributed by atoms with Crippen molar-refractivity contribution in [3.05, 3.63) is 29.7 Å². The highest BCUT2D eigenvalue weighted by Crippen LogP contribution is 2.34. The van der Waals surface area contributed by atoms with Gasteiger partial charge in [0.05, 0.1) is 12.3 Å². The number of imidazole rings is 1. The van der Waals surface area contributed by atoms with Crippen LogP contribution in [-0.2, 0) is 28.6 Å². The molecule has 1 aromatic heterocycles. The first-order valence-electron chi connectivity index (χ1n) is 16.6. The molecule has 1 aliphatic heterocycles. The van der Waals surface area contributed by atoms with E-state index in [2.05, 4.69) is 31.2 Å². The molecule has 0 aliphatic carbocycles. The lowest BCUT2D eigenvalue weighted by atomic mass is 9.74. The molecular weight excluding hydrogens is 624 g/mol. The van der Waals surface area contributed by atoms with Gasteiger partial charge in [-0.2, -0.15) is 0 Å². The Morgan fingerprint density at radius 2 is 1.62 bits per heavy atom. The zero-order chi connectivity index (χ0) is 36.1. The number of amides is 4. The average Bonchev–Trinajstić information content (AvgIpc) is 3.55. The second-order valence-electron chi connectivity index (χ2n) is 13.5. The summed E-state index contributed by atoms with van der Waals surface area (Å²) in [5, 5.41) is 32.4. The van der Waals surface area contributed by atoms with Crippen LogP contribution in [0.5, 0.6) is 0 Å². The molecule has 15 heteroatoms. The molecule has 5 atom stereocenters. The monoisotopic (exact) mass is 680 g/mol. The maximum atomic E-state index is 13.0. The SMILES string of the molecule is CCOC(C)=C(C)NC(=O)C(C)(C)CC(C)(C)C(=O)NCCCCCCOC1OC(CNC(=O)c2ncc[nH]2)C(O)C(O)C1NC(C)=O. The van der Waals surface area contributed by atoms with Crippen molar-refractivity contribution in [2.24, 2.45) is 10.8 Å². The molecule has 0 radical (unpaired) electrons. The molecule has 0 saturated carbocycles. The normalized spacial score (nSPS) is 21.9. The smallest absolute Gasteiger partial charge is 0.287 e. The third-order valence-corrected chi connectivity index (χ3v) is 8.19. The van der Waals surface area contributed by atoms with Crippen molar-refractivity contribution in [1.82, 2.24) is 31.2 Å². The average molecular weight is 681 g/mol. The highest BCUT2D eigenvalue weighted by atomic mass is 16.7. The van der Waals surface area contributed by atoms with Crippen molar-refractivity contribution in [2.75, 3.05) is 26.3 Å². The number of nitrogens with one attached hydrogen (secondary N) is 5. The Labute approximate surface area is 283 Å². The highest BCUT2D eigenvalue weighted by Gasteiger charge is 2.45. The van der Waals surface area contributed by atoms with Crippen LogP contribution in [0.1, 0.15) is 98.1 Å². The van der Waals surface area contributed by atoms with E-state index < -0.39 is 53.3 Å². The fraction of sp³-hybridized carbons (Fsp3) is 0.727. The first-order chi connectivity index (χ1) is 22.5. The number of ether oxygens (including phenoxy) is 3. The minimum atomic E-state index is -1.39. The number of carbonyl (C=O) groups is 4. The standard InChI is InChI=1S/C33H56N6O9/c1-9-46-21(3)20(2)38-31(45)33(7,8)19-32(5,6)30(44)36-14-12-10-11-13-17-47-29-24(39-22(4)40)26(42)25(41)23(48-29)18-37-28(43)27-34-15-16-35-27/h15-16,23-26,29,41-42H,9-14,17-19H2,1-8H3,(H,34,35)(H,36,44)(H,37,43)(H,38,45)(H,39,40). The molecular formula is C33H56N6O9. The number of aromatic amines is 1. The number of hydrogen-bond donors (Lipinski definition) is 7. The summed E-state index contributed by atoms with van der Waals surface area (Å²) >= 11 is 0. The highest BCUT2D eigenvalue weighted by molar-refractivity contribution is 5.90. The van der Waals surface area contributed by atoms with Gasteiger partial charge >= 0.3 is 0 Å². The molecule has 0 spiro atoms. The Morgan fingerprint density at radius 3 is 2.25 bits per heavy atom. The van der Waals surface area contributed by atoms with E-state index in [1.54, 1.807) is 13.8 Å². The molecule has 2 heterocycles. The largest absolute Gasteiger partial charge is 0.497 e. The molecule has 0 bridgehead atoms. The molecule has 5 unspecified atom stereocenters. The second kappa shape index (κ2) is 18.9. The minimum Gasteiger partial charge on any atom is -0.497 e. The summed E-state index contributed by atoms with van der Waals surface area (Å²) in [7, 11) is 0. The Kier molecular flexibility index (Phi) is 16.0. The molecule has 1 aliphatic rings. The van der Waals surface area contributed by atoms with Gasteiger partial charge in [-0.1, -0.05) is 40.5 Å². The quantitative estimate of drug-likeness (QED) is 0.0829. The van der Waals surface area contributed by atoms with Crippen LogP contribution >= 0.6 is 0 Å². The van der Waals surface area contributed by atoms with Gasteiger partial charge in [0.15, 0.2) is 12.1 Å². The van der Waals surface area contributed by atoms with Crippen LogP contribution in [0.25, 0.3) is 0 Å². The van der Waals surface area contributed by atoms with Crippen molar-refractivity contribution >= 4 is 23.6 Å². The van der Waals surface area contributed by atoms with E-state index in [1.807, 2.05) is 34.6 Å². The molecule has 1 aromatic rings. The van der Waals surface area contributed by atoms with Crippen LogP contribution < -0.4 is 21.3 Å². The number of H-pyrrole nitrogens is 1. The van der Waals surface area contributed by atoms with E-state index in [9.17, 15) is 29.4 Å². The summed E-state index contributed by atoms with van der Waals surface area (Å²) in [5.41, 5.74) is -0.921. The van der Waals surface area contributed by atoms with Gasteiger partial charge in [0.2, 0.25) is 17.7 Å². The number of unbranched alkanes of at least 4 members (excludes halogenated alkanes) is 3. The van der Waals surface area contributed by atoms with Crippen molar-refractivity contribution in [1.29, 1.82) is 0 Å². The van der Waals surface area contributed by atoms with Crippen LogP contribution in [0.3, 0.4) is 0 Å². The zero-order valence-electron chi connectivity index (χ0n) is 29.6. The van der Waals surface area contributed by atoms with Crippen LogP contribution in [0.15, 0.2) is 23.8 Å². The van der Waals surface area contributed by atoms with Gasteiger partial charge in [-0.05, 0) is 40.0 Å². The summed E-state index contributed by atoms with van der Waals surface area (Å²) in [6.07, 6.45) is 1.43. The Hall–Kier alpha value is -3.53. The number of aliphatic hydroxyl groups excluding tert-OH is 2. The number of carbonyl (C=O) groups excluding carboxylic acids is 4. The van der Waals surface area contributed by atoms with Gasteiger partial charge in [0.25, 0.3) is 5.91 Å². The molecule has 1 saturated heterocycles. The lowest BCUT2D eigenvalue weighted by molar-refractivity contribution is -0.262. The fourth-order valence-electron chi connectivity index (χ4n) is 5.54. The molecule has 7 N–H and O–H groups in total. The van der Waals surface area contributed by atoms with E-state index in [-0.39, 0.29) is 30.8 Å². The number of allylic oxidation sites excluding steroid dienone is 2. The first-order valence-corrected chi connectivity index (χ1v) is 16.6. The van der Waals surface area contributed by atoms with Gasteiger partial charge in [0, 0.05) is 49.8 Å². The zero-order valence-corrected chi connectivity index (χ0v) is 29.6. The van der Waals surface area contributed by atoms with E-state index in [0.717, 1.165) is 19.3 Å². The number of hydrogen-bond acceptors (Lipinski definition) is 10. The number of aliphatic hydroxyl groups is 2. The minimum absolute atomic E-state index is 0.0915. The molecule has 2 rings (SSSR count). The van der Waals surface area contributed by atoms with E-state index in [4.69, 9.17) is 14.2 Å². The van der Waals surface area contributed by atoms with Gasteiger partial charge in [-0.15, -0.1) is 0 Å². The molecule has 48 heavy (non-hydrogen) atoms. The molecule has 15 nitrogen and oxygen atoms in total. The summed E-state index contributed by atoms with van der Waals surface area (Å²) in [5.74, 6) is -0.493. The maximum absolute atomic E-state index is 13.0. The van der Waals surface area contributed by atoms with Gasteiger partial charge < -0.3 is 50.7 Å². The van der Waals surface area contributed by atoms with Gasteiger partial charge in [0.1, 0.15) is 30.1 Å². The predicted octanol–water partition coefficient (Wildman–Crippen LogP) is 1.63. The molecule has 1 fully saturated rings. The molecule has 0 aromatic carbocycles. The summed E-state index contributed by atoms with van der Waals surface area (Å²) in [4.78, 5) is 56.5. The van der Waals surface area contributed by atoms with Gasteiger partial charge in [-0.3, -0.25) is 19.2 Å². The molecule has 4 amide bonds. The Morgan fingerprint density at radius 1 is 0.958 bits per heavy atom. The number of nitrogens with zero attached hydrogens (tertiary/aromatic N) is 1. The third-order valence-electron chi connectivity index (χ3n) is 8.19. The molecule has 272 valence electrons. The Bertz CT molecular complexity index is 1230. The lowest BCUT2D eigenvalue weighted by Gasteiger charge is -2.42. The van der Waals surface area contributed by atoms with E-state index >= 15 is 0 Å². The predicted molar refractivity (Wildman–Crippen MR) is 177 cm³/mol. The van der Waals surface area contributed by atoms with Crippen molar-refractivity contribution in [2.45, 2.75) is 118 Å². The van der Waals surface area contributed by atoms with Gasteiger partial charge in [-0.25, -0.2) is 4.98 Å². The van der Waals surface area contributed by atoms with Crippen LogP contribution in [0.4, 0.5) is 0 Å². The van der Waals surface area contributed by atoms with E-state index in [0.29, 0.717) is 37.4 Å². The first kappa shape index (κ1) is 40.6. The summed E-state index contributed by atoms with van der Waals surface area (Å²) in [6, 6.07) is -1.01. The lowest BCUT2D eigenvalue weighted by Crippen LogP contribution is -2.65. The van der Waals surface area contributed by atoms with E-state index in [1.165, 1.54) is 19.3 Å². The topological polar surface area (TPSA) is 213 Å².